The molecule has 0 radical (unpaired) electrons. The van der Waals surface area contributed by atoms with Gasteiger partial charge in [0, 0.05) is 25.5 Å². The maximum atomic E-state index is 13.8. The van der Waals surface area contributed by atoms with E-state index in [0.29, 0.717) is 29.1 Å². The third kappa shape index (κ3) is 7.77. The number of benzene rings is 2. The van der Waals surface area contributed by atoms with Crippen molar-refractivity contribution in [1.82, 2.24) is 19.6 Å². The molecule has 2 heterocycles. The van der Waals surface area contributed by atoms with Gasteiger partial charge in [0.15, 0.2) is 11.3 Å². The number of alkyl halides is 1. The maximum Gasteiger partial charge on any atom is 0.277 e. The minimum absolute atomic E-state index is 0.0617. The summed E-state index contributed by atoms with van der Waals surface area (Å²) in [5, 5.41) is 4.79. The van der Waals surface area contributed by atoms with E-state index in [4.69, 9.17) is 19.6 Å². The third-order valence-electron chi connectivity index (χ3n) is 7.25. The fraction of sp³-hybridized carbons (Fsp3) is 0.469. The molecule has 0 saturated carbocycles. The summed E-state index contributed by atoms with van der Waals surface area (Å²) in [6, 6.07) is 10.3. The molecule has 1 atom stereocenters. The molecule has 0 aliphatic rings. The first kappa shape index (κ1) is 33.0. The first-order chi connectivity index (χ1) is 20.9. The van der Waals surface area contributed by atoms with Crippen molar-refractivity contribution in [2.24, 2.45) is 0 Å². The average Bonchev–Trinajstić information content (AvgIpc) is 3.30. The number of unbranched alkanes of at least 4 members (excludes halogenated alkanes) is 3. The van der Waals surface area contributed by atoms with Crippen molar-refractivity contribution in [2.75, 3.05) is 11.3 Å². The first-order valence-electron chi connectivity index (χ1n) is 15.1. The molecule has 4 aromatic rings. The van der Waals surface area contributed by atoms with Gasteiger partial charge in [-0.3, -0.25) is 9.52 Å². The van der Waals surface area contributed by atoms with E-state index >= 15 is 0 Å². The molecule has 0 aliphatic heterocycles. The second-order valence-electron chi connectivity index (χ2n) is 11.3. The van der Waals surface area contributed by atoms with Crippen LogP contribution in [0.5, 0.6) is 11.5 Å². The fourth-order valence-corrected chi connectivity index (χ4v) is 6.22. The Labute approximate surface area is 258 Å². The number of ether oxygens (including phenoxy) is 2. The van der Waals surface area contributed by atoms with Gasteiger partial charge in [0.1, 0.15) is 17.3 Å². The molecule has 0 saturated heterocycles. The Morgan fingerprint density at radius 2 is 1.80 bits per heavy atom. The van der Waals surface area contributed by atoms with Crippen molar-refractivity contribution in [3.8, 4) is 22.9 Å². The van der Waals surface area contributed by atoms with E-state index in [0.717, 1.165) is 37.9 Å². The van der Waals surface area contributed by atoms with Crippen LogP contribution < -0.4 is 19.8 Å². The zero-order valence-electron chi connectivity index (χ0n) is 26.2. The number of nitrogens with zero attached hydrogens (tertiary/aromatic N) is 3. The Morgan fingerprint density at radius 1 is 1.07 bits per heavy atom. The van der Waals surface area contributed by atoms with E-state index in [1.165, 1.54) is 56.7 Å². The number of fused-ring (bicyclic) bond motifs is 1. The molecule has 2 aromatic heterocycles. The Bertz CT molecular complexity index is 1740. The highest BCUT2D eigenvalue weighted by Gasteiger charge is 2.24. The van der Waals surface area contributed by atoms with Gasteiger partial charge >= 0.3 is 0 Å². The lowest BCUT2D eigenvalue weighted by molar-refractivity contribution is -0.0256. The number of sulfonamides is 1. The number of aryl methyl sites for hydroxylation is 1. The lowest BCUT2D eigenvalue weighted by Gasteiger charge is -2.17. The van der Waals surface area contributed by atoms with Gasteiger partial charge in [-0.2, -0.15) is 4.39 Å². The third-order valence-corrected chi connectivity index (χ3v) is 8.63. The number of anilines is 1. The van der Waals surface area contributed by atoms with Crippen LogP contribution >= 0.6 is 0 Å². The van der Waals surface area contributed by atoms with E-state index in [9.17, 15) is 17.6 Å². The lowest BCUT2D eigenvalue weighted by atomic mass is 9.97. The Balaban J connectivity index is 1.73. The number of nitrogens with one attached hydrogen (secondary N) is 2. The molecular weight excluding hydrogens is 585 g/mol. The Morgan fingerprint density at radius 3 is 2.43 bits per heavy atom. The van der Waals surface area contributed by atoms with Crippen molar-refractivity contribution < 1.29 is 22.3 Å². The van der Waals surface area contributed by atoms with Crippen molar-refractivity contribution in [3.63, 3.8) is 0 Å². The van der Waals surface area contributed by atoms with Gasteiger partial charge in [0.05, 0.1) is 22.8 Å². The molecule has 10 nitrogen and oxygen atoms in total. The SMILES string of the molecule is CCCCCCC(CC)c1nc(C)c2c(=O)[nH]c(-c3cc(S(=O)(=O)Nc4ccc(OC(C)(C)F)cc4)ccc3OCC)nn12. The van der Waals surface area contributed by atoms with Crippen LogP contribution in [0.25, 0.3) is 16.9 Å². The van der Waals surface area contributed by atoms with Crippen molar-refractivity contribution in [1.29, 1.82) is 0 Å². The van der Waals surface area contributed by atoms with E-state index in [2.05, 4.69) is 23.6 Å². The maximum absolute atomic E-state index is 13.8. The van der Waals surface area contributed by atoms with Crippen LogP contribution in [0.2, 0.25) is 0 Å². The van der Waals surface area contributed by atoms with E-state index < -0.39 is 15.9 Å². The molecule has 0 bridgehead atoms. The minimum Gasteiger partial charge on any atom is -0.493 e. The van der Waals surface area contributed by atoms with Crippen molar-refractivity contribution in [2.45, 2.75) is 96.7 Å². The number of hydrogen-bond acceptors (Lipinski definition) is 7. The van der Waals surface area contributed by atoms with Crippen LogP contribution in [-0.4, -0.2) is 40.5 Å². The highest BCUT2D eigenvalue weighted by Crippen LogP contribution is 2.32. The Kier molecular flexibility index (Phi) is 10.3. The van der Waals surface area contributed by atoms with Gasteiger partial charge in [0.2, 0.25) is 5.85 Å². The summed E-state index contributed by atoms with van der Waals surface area (Å²) in [5.41, 5.74) is 1.16. The van der Waals surface area contributed by atoms with Crippen LogP contribution in [0.1, 0.15) is 90.6 Å². The molecule has 0 amide bonds. The fourth-order valence-electron chi connectivity index (χ4n) is 5.14. The summed E-state index contributed by atoms with van der Waals surface area (Å²) < 4.78 is 55.8. The highest BCUT2D eigenvalue weighted by molar-refractivity contribution is 7.92. The summed E-state index contributed by atoms with van der Waals surface area (Å²) in [5.74, 6) is -0.247. The lowest BCUT2D eigenvalue weighted by Crippen LogP contribution is -2.21. The number of imidazole rings is 1. The van der Waals surface area contributed by atoms with Crippen LogP contribution in [0.15, 0.2) is 52.2 Å². The largest absolute Gasteiger partial charge is 0.493 e. The van der Waals surface area contributed by atoms with E-state index in [1.54, 1.807) is 17.5 Å². The highest BCUT2D eigenvalue weighted by atomic mass is 32.2. The normalized spacial score (nSPS) is 12.8. The predicted molar refractivity (Wildman–Crippen MR) is 170 cm³/mol. The summed E-state index contributed by atoms with van der Waals surface area (Å²) in [7, 11) is -4.07. The molecule has 2 aromatic carbocycles. The molecule has 4 rings (SSSR count). The smallest absolute Gasteiger partial charge is 0.277 e. The van der Waals surface area contributed by atoms with E-state index in [-0.39, 0.29) is 33.6 Å². The molecule has 2 N–H and O–H groups in total. The summed E-state index contributed by atoms with van der Waals surface area (Å²) in [6.07, 6.45) is 6.29. The van der Waals surface area contributed by atoms with Crippen LogP contribution in [-0.2, 0) is 10.0 Å². The monoisotopic (exact) mass is 627 g/mol. The zero-order chi connectivity index (χ0) is 32.1. The topological polar surface area (TPSA) is 128 Å². The zero-order valence-corrected chi connectivity index (χ0v) is 27.1. The van der Waals surface area contributed by atoms with Crippen LogP contribution in [0, 0.1) is 6.92 Å². The van der Waals surface area contributed by atoms with Crippen LogP contribution in [0.3, 0.4) is 0 Å². The summed E-state index contributed by atoms with van der Waals surface area (Å²) in [4.78, 5) is 20.9. The van der Waals surface area contributed by atoms with Gasteiger partial charge in [-0.1, -0.05) is 39.5 Å². The van der Waals surface area contributed by atoms with Gasteiger partial charge in [-0.15, -0.1) is 5.10 Å². The summed E-state index contributed by atoms with van der Waals surface area (Å²) >= 11 is 0. The van der Waals surface area contributed by atoms with E-state index in [1.807, 2.05) is 6.92 Å². The van der Waals surface area contributed by atoms with Gasteiger partial charge in [-0.05, 0) is 69.2 Å². The van der Waals surface area contributed by atoms with Crippen LogP contribution in [0.4, 0.5) is 10.1 Å². The average molecular weight is 628 g/mol. The molecule has 0 fully saturated rings. The molecule has 0 aliphatic carbocycles. The number of H-pyrrole nitrogens is 1. The number of aromatic amines is 1. The number of hydrogen-bond donors (Lipinski definition) is 2. The minimum atomic E-state index is -4.07. The molecule has 0 spiro atoms. The predicted octanol–water partition coefficient (Wildman–Crippen LogP) is 7.14. The molecule has 1 unspecified atom stereocenters. The number of aromatic nitrogens is 4. The van der Waals surface area contributed by atoms with Crippen molar-refractivity contribution in [3.05, 3.63) is 64.3 Å². The number of rotatable bonds is 15. The summed E-state index contributed by atoms with van der Waals surface area (Å²) in [6.45, 7) is 10.8. The standard InChI is InChI=1S/C32H42FN5O5S/c1-7-10-11-12-13-22(8-2)30-34-21(4)28-31(39)35-29(36-38(28)30)26-20-25(18-19-27(26)42-9-3)44(40,41)37-23-14-16-24(17-15-23)43-32(5,6)33/h14-20,22,37H,7-13H2,1-6H3,(H,35,36,39). The number of halogens is 1. The quantitative estimate of drug-likeness (QED) is 0.134. The molecule has 44 heavy (non-hydrogen) atoms. The van der Waals surface area contributed by atoms with Crippen molar-refractivity contribution >= 4 is 21.2 Å². The Hall–Kier alpha value is -3.93. The van der Waals surface area contributed by atoms with Gasteiger partial charge < -0.3 is 14.5 Å². The second kappa shape index (κ2) is 13.8. The van der Waals surface area contributed by atoms with Gasteiger partial charge in [0.25, 0.3) is 15.6 Å². The molecular formula is C32H42FN5O5S. The second-order valence-corrected chi connectivity index (χ2v) is 12.9. The molecule has 238 valence electrons. The molecule has 12 heteroatoms. The van der Waals surface area contributed by atoms with Gasteiger partial charge in [-0.25, -0.2) is 17.9 Å². The first-order valence-corrected chi connectivity index (χ1v) is 16.6.